The van der Waals surface area contributed by atoms with Crippen molar-refractivity contribution >= 4 is 32.6 Å². The zero-order valence-corrected chi connectivity index (χ0v) is 18.9. The fraction of sp³-hybridized carbons (Fsp3) is 0.304. The van der Waals surface area contributed by atoms with E-state index in [1.165, 1.54) is 6.07 Å². The lowest BCUT2D eigenvalue weighted by Crippen LogP contribution is -2.40. The van der Waals surface area contributed by atoms with Crippen LogP contribution in [0.3, 0.4) is 0 Å². The fourth-order valence-electron chi connectivity index (χ4n) is 3.84. The third-order valence-corrected chi connectivity index (χ3v) is 7.23. The van der Waals surface area contributed by atoms with Crippen LogP contribution in [0.15, 0.2) is 39.6 Å². The molecule has 2 heterocycles. The van der Waals surface area contributed by atoms with E-state index in [4.69, 9.17) is 14.4 Å². The maximum atomic E-state index is 13.4. The molecule has 32 heavy (non-hydrogen) atoms. The highest BCUT2D eigenvalue weighted by Crippen LogP contribution is 2.36. The Morgan fingerprint density at radius 3 is 2.53 bits per heavy atom. The molecule has 166 valence electrons. The van der Waals surface area contributed by atoms with Crippen LogP contribution < -0.4 is 4.72 Å². The van der Waals surface area contributed by atoms with Gasteiger partial charge < -0.3 is 14.1 Å². The summed E-state index contributed by atoms with van der Waals surface area (Å²) in [6, 6.07) is 10.1. The molecule has 1 amide bonds. The predicted octanol–water partition coefficient (Wildman–Crippen LogP) is 3.50. The van der Waals surface area contributed by atoms with Gasteiger partial charge in [0.1, 0.15) is 4.90 Å². The van der Waals surface area contributed by atoms with Gasteiger partial charge in [-0.2, -0.15) is 5.26 Å². The second-order valence-corrected chi connectivity index (χ2v) is 9.40. The SMILES string of the molecule is Cc1cc2c(C)c(C(=O)N3CCOCC3)oc2c(S(=O)(=O)Nc2cccc(C#N)c2)c1C. The Labute approximate surface area is 186 Å². The highest BCUT2D eigenvalue weighted by molar-refractivity contribution is 7.93. The molecule has 1 aromatic heterocycles. The van der Waals surface area contributed by atoms with Crippen LogP contribution in [-0.4, -0.2) is 45.5 Å². The molecular formula is C23H23N3O5S. The Balaban J connectivity index is 1.84. The number of hydrogen-bond donors (Lipinski definition) is 1. The number of ether oxygens (including phenoxy) is 1. The zero-order valence-electron chi connectivity index (χ0n) is 18.1. The van der Waals surface area contributed by atoms with E-state index in [0.717, 1.165) is 5.56 Å². The topological polar surface area (TPSA) is 113 Å². The molecule has 2 aromatic carbocycles. The molecule has 3 aromatic rings. The Morgan fingerprint density at radius 1 is 1.12 bits per heavy atom. The van der Waals surface area contributed by atoms with Crippen molar-refractivity contribution in [2.45, 2.75) is 25.7 Å². The zero-order chi connectivity index (χ0) is 23.0. The van der Waals surface area contributed by atoms with Crippen LogP contribution in [0.4, 0.5) is 5.69 Å². The van der Waals surface area contributed by atoms with Crippen LogP contribution in [0.1, 0.15) is 32.8 Å². The van der Waals surface area contributed by atoms with Gasteiger partial charge in [0.2, 0.25) is 0 Å². The number of anilines is 1. The predicted molar refractivity (Wildman–Crippen MR) is 119 cm³/mol. The number of rotatable bonds is 4. The van der Waals surface area contributed by atoms with E-state index in [2.05, 4.69) is 4.72 Å². The molecule has 0 saturated carbocycles. The molecule has 0 unspecified atom stereocenters. The minimum atomic E-state index is -4.07. The second kappa shape index (κ2) is 8.30. The first-order valence-electron chi connectivity index (χ1n) is 10.2. The molecule has 8 nitrogen and oxygen atoms in total. The fourth-order valence-corrected chi connectivity index (χ4v) is 5.34. The third-order valence-electron chi connectivity index (χ3n) is 5.70. The van der Waals surface area contributed by atoms with Crippen LogP contribution in [0.5, 0.6) is 0 Å². The van der Waals surface area contributed by atoms with Gasteiger partial charge in [0.05, 0.1) is 30.5 Å². The molecule has 0 aliphatic carbocycles. The molecule has 1 aliphatic rings. The van der Waals surface area contributed by atoms with Gasteiger partial charge in [-0.25, -0.2) is 8.42 Å². The van der Waals surface area contributed by atoms with Gasteiger partial charge in [-0.3, -0.25) is 9.52 Å². The van der Waals surface area contributed by atoms with E-state index in [-0.39, 0.29) is 27.8 Å². The lowest BCUT2D eigenvalue weighted by Gasteiger charge is -2.26. The second-order valence-electron chi connectivity index (χ2n) is 7.78. The summed E-state index contributed by atoms with van der Waals surface area (Å²) in [4.78, 5) is 14.7. The van der Waals surface area contributed by atoms with Crippen molar-refractivity contribution in [2.75, 3.05) is 31.0 Å². The monoisotopic (exact) mass is 453 g/mol. The summed E-state index contributed by atoms with van der Waals surface area (Å²) in [5, 5.41) is 9.69. The maximum Gasteiger partial charge on any atom is 0.290 e. The van der Waals surface area contributed by atoms with Crippen molar-refractivity contribution in [3.05, 3.63) is 58.3 Å². The van der Waals surface area contributed by atoms with Gasteiger partial charge in [-0.05, 0) is 56.2 Å². The first-order valence-corrected chi connectivity index (χ1v) is 11.6. The first kappa shape index (κ1) is 21.9. The van der Waals surface area contributed by atoms with E-state index < -0.39 is 10.0 Å². The number of furan rings is 1. The number of aryl methyl sites for hydroxylation is 2. The summed E-state index contributed by atoms with van der Waals surface area (Å²) in [5.41, 5.74) is 2.64. The van der Waals surface area contributed by atoms with Gasteiger partial charge in [-0.15, -0.1) is 0 Å². The number of morpholine rings is 1. The maximum absolute atomic E-state index is 13.4. The van der Waals surface area contributed by atoms with E-state index >= 15 is 0 Å². The molecule has 9 heteroatoms. The minimum absolute atomic E-state index is 0.0148. The summed E-state index contributed by atoms with van der Waals surface area (Å²) < 4.78 is 40.6. The summed E-state index contributed by atoms with van der Waals surface area (Å²) in [5.74, 6) is -0.148. The molecule has 1 N–H and O–H groups in total. The molecule has 1 aliphatic heterocycles. The van der Waals surface area contributed by atoms with Crippen molar-refractivity contribution in [3.63, 3.8) is 0 Å². The summed E-state index contributed by atoms with van der Waals surface area (Å²) in [7, 11) is -4.07. The van der Waals surface area contributed by atoms with Gasteiger partial charge in [0.25, 0.3) is 15.9 Å². The quantitative estimate of drug-likeness (QED) is 0.647. The number of fused-ring (bicyclic) bond motifs is 1. The van der Waals surface area contributed by atoms with Crippen LogP contribution in [-0.2, 0) is 14.8 Å². The summed E-state index contributed by atoms with van der Waals surface area (Å²) in [6.45, 7) is 7.10. The minimum Gasteiger partial charge on any atom is -0.449 e. The smallest absolute Gasteiger partial charge is 0.290 e. The summed E-state index contributed by atoms with van der Waals surface area (Å²) in [6.07, 6.45) is 0. The van der Waals surface area contributed by atoms with Gasteiger partial charge in [0, 0.05) is 24.0 Å². The van der Waals surface area contributed by atoms with E-state index in [9.17, 15) is 13.2 Å². The number of nitrogens with one attached hydrogen (secondary N) is 1. The molecule has 0 spiro atoms. The first-order chi connectivity index (χ1) is 15.2. The van der Waals surface area contributed by atoms with Crippen molar-refractivity contribution < 1.29 is 22.4 Å². The van der Waals surface area contributed by atoms with Crippen molar-refractivity contribution in [2.24, 2.45) is 0 Å². The summed E-state index contributed by atoms with van der Waals surface area (Å²) >= 11 is 0. The molecule has 0 radical (unpaired) electrons. The number of amides is 1. The Bertz CT molecular complexity index is 1360. The van der Waals surface area contributed by atoms with E-state index in [0.29, 0.717) is 48.4 Å². The Hall–Kier alpha value is -3.35. The molecule has 0 bridgehead atoms. The average molecular weight is 454 g/mol. The van der Waals surface area contributed by atoms with Gasteiger partial charge in [-0.1, -0.05) is 6.07 Å². The Morgan fingerprint density at radius 2 is 1.84 bits per heavy atom. The van der Waals surface area contributed by atoms with Crippen LogP contribution in [0, 0.1) is 32.1 Å². The van der Waals surface area contributed by atoms with Crippen LogP contribution in [0.2, 0.25) is 0 Å². The highest BCUT2D eigenvalue weighted by Gasteiger charge is 2.30. The van der Waals surface area contributed by atoms with E-state index in [1.54, 1.807) is 36.9 Å². The largest absolute Gasteiger partial charge is 0.449 e. The lowest BCUT2D eigenvalue weighted by molar-refractivity contribution is 0.0283. The van der Waals surface area contributed by atoms with Crippen molar-refractivity contribution in [1.82, 2.24) is 4.90 Å². The molecule has 1 saturated heterocycles. The van der Waals surface area contributed by atoms with Crippen LogP contribution >= 0.6 is 0 Å². The molecule has 1 fully saturated rings. The Kier molecular flexibility index (Phi) is 5.67. The molecular weight excluding hydrogens is 430 g/mol. The average Bonchev–Trinajstić information content (AvgIpc) is 3.09. The number of carbonyl (C=O) groups excluding carboxylic acids is 1. The normalized spacial score (nSPS) is 14.4. The third kappa shape index (κ3) is 3.83. The number of benzene rings is 2. The van der Waals surface area contributed by atoms with Gasteiger partial charge >= 0.3 is 0 Å². The van der Waals surface area contributed by atoms with Crippen molar-refractivity contribution in [3.8, 4) is 6.07 Å². The molecule has 0 atom stereocenters. The van der Waals surface area contributed by atoms with Crippen LogP contribution in [0.25, 0.3) is 11.0 Å². The van der Waals surface area contributed by atoms with Crippen molar-refractivity contribution in [1.29, 1.82) is 5.26 Å². The number of nitriles is 1. The number of sulfonamides is 1. The van der Waals surface area contributed by atoms with E-state index in [1.807, 2.05) is 19.1 Å². The van der Waals surface area contributed by atoms with Gasteiger partial charge in [0.15, 0.2) is 11.3 Å². The number of nitrogens with zero attached hydrogens (tertiary/aromatic N) is 2. The standard InChI is InChI=1S/C23H23N3O5S/c1-14-11-19-16(3)20(23(27)26-7-9-30-10-8-26)31-21(19)22(15(14)2)32(28,29)25-18-6-4-5-17(12-18)13-24/h4-6,11-12,25H,7-10H2,1-3H3. The number of hydrogen-bond acceptors (Lipinski definition) is 6. The molecule has 4 rings (SSSR count). The number of carbonyl (C=O) groups is 1. The highest BCUT2D eigenvalue weighted by atomic mass is 32.2. The lowest BCUT2D eigenvalue weighted by atomic mass is 10.0.